The van der Waals surface area contributed by atoms with Gasteiger partial charge in [0.05, 0.1) is 6.04 Å². The van der Waals surface area contributed by atoms with Gasteiger partial charge in [0.25, 0.3) is 5.91 Å². The number of amides is 1. The molecule has 0 aromatic carbocycles. The minimum atomic E-state index is -0.140. The topological polar surface area (TPSA) is 88.2 Å². The van der Waals surface area contributed by atoms with Crippen LogP contribution in [0.15, 0.2) is 23.8 Å². The third-order valence-electron chi connectivity index (χ3n) is 3.53. The molecule has 1 saturated heterocycles. The molecular weight excluding hydrogens is 300 g/mol. The molecule has 0 bridgehead atoms. The fourth-order valence-corrected chi connectivity index (χ4v) is 3.07. The summed E-state index contributed by atoms with van der Waals surface area (Å²) in [4.78, 5) is 29.2. The van der Waals surface area contributed by atoms with Gasteiger partial charge in [0.2, 0.25) is 5.95 Å². The largest absolute Gasteiger partial charge is 0.337 e. The van der Waals surface area contributed by atoms with Gasteiger partial charge in [0.1, 0.15) is 10.7 Å². The number of carbonyl (C=O) groups excluding carboxylic acids is 1. The second kappa shape index (κ2) is 6.37. The standard InChI is InChI=1S/C14H18N6OS/c1-10(15)12-18-11(9-22-12)13(21)19-5-7-20(8-6-19)14-16-3-2-4-17-14/h2-4,9-10H,5-8,15H2,1H3. The van der Waals surface area contributed by atoms with Crippen LogP contribution in [0.2, 0.25) is 0 Å². The molecule has 2 N–H and O–H groups in total. The monoisotopic (exact) mass is 318 g/mol. The lowest BCUT2D eigenvalue weighted by atomic mass is 10.3. The number of piperazine rings is 1. The zero-order valence-corrected chi connectivity index (χ0v) is 13.2. The van der Waals surface area contributed by atoms with E-state index in [2.05, 4.69) is 19.9 Å². The molecule has 116 valence electrons. The van der Waals surface area contributed by atoms with Crippen LogP contribution in [0.4, 0.5) is 5.95 Å². The van der Waals surface area contributed by atoms with E-state index >= 15 is 0 Å². The lowest BCUT2D eigenvalue weighted by molar-refractivity contribution is 0.0741. The second-order valence-electron chi connectivity index (χ2n) is 5.19. The van der Waals surface area contributed by atoms with Crippen molar-refractivity contribution in [3.8, 4) is 0 Å². The van der Waals surface area contributed by atoms with Crippen LogP contribution in [0.3, 0.4) is 0 Å². The van der Waals surface area contributed by atoms with E-state index < -0.39 is 0 Å². The number of rotatable bonds is 3. The number of carbonyl (C=O) groups is 1. The fraction of sp³-hybridized carbons (Fsp3) is 0.429. The van der Waals surface area contributed by atoms with Crippen molar-refractivity contribution < 1.29 is 4.79 Å². The molecule has 0 radical (unpaired) electrons. The van der Waals surface area contributed by atoms with Gasteiger partial charge in [-0.3, -0.25) is 4.79 Å². The molecule has 1 atom stereocenters. The van der Waals surface area contributed by atoms with Crippen LogP contribution in [0.25, 0.3) is 0 Å². The predicted octanol–water partition coefficient (Wildman–Crippen LogP) is 0.915. The van der Waals surface area contributed by atoms with Crippen LogP contribution in [-0.2, 0) is 0 Å². The molecule has 1 fully saturated rings. The van der Waals surface area contributed by atoms with Crippen LogP contribution in [0.5, 0.6) is 0 Å². The molecule has 3 rings (SSSR count). The summed E-state index contributed by atoms with van der Waals surface area (Å²) in [6, 6.07) is 1.65. The van der Waals surface area contributed by atoms with Crippen molar-refractivity contribution in [1.82, 2.24) is 19.9 Å². The van der Waals surface area contributed by atoms with Gasteiger partial charge in [-0.25, -0.2) is 15.0 Å². The summed E-state index contributed by atoms with van der Waals surface area (Å²) >= 11 is 1.43. The Morgan fingerprint density at radius 1 is 1.27 bits per heavy atom. The Bertz CT molecular complexity index is 636. The first-order valence-electron chi connectivity index (χ1n) is 7.17. The highest BCUT2D eigenvalue weighted by Crippen LogP contribution is 2.18. The van der Waals surface area contributed by atoms with Gasteiger partial charge in [-0.05, 0) is 13.0 Å². The molecule has 1 unspecified atom stereocenters. The maximum Gasteiger partial charge on any atom is 0.273 e. The quantitative estimate of drug-likeness (QED) is 0.905. The van der Waals surface area contributed by atoms with E-state index in [1.165, 1.54) is 11.3 Å². The number of thiazole rings is 1. The third kappa shape index (κ3) is 3.07. The zero-order valence-electron chi connectivity index (χ0n) is 12.3. The molecule has 1 aliphatic rings. The average molecular weight is 318 g/mol. The molecule has 22 heavy (non-hydrogen) atoms. The van der Waals surface area contributed by atoms with Crippen LogP contribution >= 0.6 is 11.3 Å². The van der Waals surface area contributed by atoms with Gasteiger partial charge in [0, 0.05) is 44.0 Å². The molecule has 0 spiro atoms. The summed E-state index contributed by atoms with van der Waals surface area (Å²) in [6.07, 6.45) is 3.45. The zero-order chi connectivity index (χ0) is 15.5. The van der Waals surface area contributed by atoms with Gasteiger partial charge in [-0.15, -0.1) is 11.3 Å². The number of nitrogens with two attached hydrogens (primary N) is 1. The van der Waals surface area contributed by atoms with Crippen LogP contribution < -0.4 is 10.6 Å². The lowest BCUT2D eigenvalue weighted by Crippen LogP contribution is -2.49. The molecule has 2 aromatic rings. The molecule has 0 saturated carbocycles. The van der Waals surface area contributed by atoms with Gasteiger partial charge < -0.3 is 15.5 Å². The summed E-state index contributed by atoms with van der Waals surface area (Å²) in [5.41, 5.74) is 6.28. The van der Waals surface area contributed by atoms with E-state index in [1.807, 2.05) is 11.8 Å². The molecule has 0 aliphatic carbocycles. The van der Waals surface area contributed by atoms with Crippen LogP contribution in [0, 0.1) is 0 Å². The predicted molar refractivity (Wildman–Crippen MR) is 84.9 cm³/mol. The first-order chi connectivity index (χ1) is 10.6. The lowest BCUT2D eigenvalue weighted by Gasteiger charge is -2.34. The van der Waals surface area contributed by atoms with E-state index in [9.17, 15) is 4.79 Å². The van der Waals surface area contributed by atoms with Gasteiger partial charge in [-0.1, -0.05) is 0 Å². The van der Waals surface area contributed by atoms with Crippen molar-refractivity contribution >= 4 is 23.2 Å². The van der Waals surface area contributed by atoms with E-state index in [1.54, 1.807) is 23.8 Å². The van der Waals surface area contributed by atoms with Crippen LogP contribution in [-0.4, -0.2) is 51.9 Å². The molecule has 3 heterocycles. The summed E-state index contributed by atoms with van der Waals surface area (Å²) in [6.45, 7) is 4.59. The third-order valence-corrected chi connectivity index (χ3v) is 4.58. The second-order valence-corrected chi connectivity index (χ2v) is 6.08. The van der Waals surface area contributed by atoms with Crippen molar-refractivity contribution in [2.45, 2.75) is 13.0 Å². The summed E-state index contributed by atoms with van der Waals surface area (Å²) in [7, 11) is 0. The number of hydrogen-bond acceptors (Lipinski definition) is 7. The van der Waals surface area contributed by atoms with Gasteiger partial charge in [-0.2, -0.15) is 0 Å². The number of hydrogen-bond donors (Lipinski definition) is 1. The number of aromatic nitrogens is 3. The van der Waals surface area contributed by atoms with Crippen molar-refractivity contribution in [2.24, 2.45) is 5.73 Å². The summed E-state index contributed by atoms with van der Waals surface area (Å²) in [5.74, 6) is 0.680. The first-order valence-corrected chi connectivity index (χ1v) is 8.05. The average Bonchev–Trinajstić information content (AvgIpc) is 3.05. The van der Waals surface area contributed by atoms with Crippen LogP contribution in [0.1, 0.15) is 28.5 Å². The highest BCUT2D eigenvalue weighted by molar-refractivity contribution is 7.09. The Hall–Kier alpha value is -2.06. The maximum absolute atomic E-state index is 12.5. The summed E-state index contributed by atoms with van der Waals surface area (Å²) in [5, 5.41) is 2.58. The first kappa shape index (κ1) is 14.9. The number of anilines is 1. The SMILES string of the molecule is CC(N)c1nc(C(=O)N2CCN(c3ncccn3)CC2)cs1. The molecule has 8 heteroatoms. The molecule has 1 amide bonds. The summed E-state index contributed by atoms with van der Waals surface area (Å²) < 4.78 is 0. The Morgan fingerprint density at radius 3 is 2.55 bits per heavy atom. The fourth-order valence-electron chi connectivity index (χ4n) is 2.32. The Balaban J connectivity index is 1.62. The number of nitrogens with zero attached hydrogens (tertiary/aromatic N) is 5. The Morgan fingerprint density at radius 2 is 1.95 bits per heavy atom. The van der Waals surface area contributed by atoms with E-state index in [4.69, 9.17) is 5.73 Å². The maximum atomic E-state index is 12.5. The molecule has 2 aromatic heterocycles. The molecule has 1 aliphatic heterocycles. The smallest absolute Gasteiger partial charge is 0.273 e. The minimum Gasteiger partial charge on any atom is -0.337 e. The minimum absolute atomic E-state index is 0.0308. The molecule has 7 nitrogen and oxygen atoms in total. The van der Waals surface area contributed by atoms with Crippen molar-refractivity contribution in [3.63, 3.8) is 0 Å². The van der Waals surface area contributed by atoms with Crippen molar-refractivity contribution in [1.29, 1.82) is 0 Å². The van der Waals surface area contributed by atoms with Crippen molar-refractivity contribution in [2.75, 3.05) is 31.1 Å². The Labute approximate surface area is 132 Å². The van der Waals surface area contributed by atoms with Gasteiger partial charge in [0.15, 0.2) is 0 Å². The van der Waals surface area contributed by atoms with Gasteiger partial charge >= 0.3 is 0 Å². The van der Waals surface area contributed by atoms with E-state index in [-0.39, 0.29) is 11.9 Å². The highest BCUT2D eigenvalue weighted by Gasteiger charge is 2.25. The van der Waals surface area contributed by atoms with Crippen molar-refractivity contribution in [3.05, 3.63) is 34.5 Å². The van der Waals surface area contributed by atoms with E-state index in [0.717, 1.165) is 18.1 Å². The normalized spacial score (nSPS) is 16.6. The Kier molecular flexibility index (Phi) is 4.30. The molecular formula is C14H18N6OS. The highest BCUT2D eigenvalue weighted by atomic mass is 32.1. The van der Waals surface area contributed by atoms with E-state index in [0.29, 0.717) is 24.7 Å².